The minimum absolute atomic E-state index is 0.0125. The first-order valence-corrected chi connectivity index (χ1v) is 8.55. The second-order valence-electron chi connectivity index (χ2n) is 5.40. The fourth-order valence-corrected chi connectivity index (χ4v) is 2.55. The van der Waals surface area contributed by atoms with Crippen LogP contribution in [0.5, 0.6) is 0 Å². The molecule has 0 aliphatic carbocycles. The standard InChI is InChI=1S/C20H21ClN2O2/c1-3-23(4-2)20(25)16-9-12-17(13-10-16)22-19(24)14-11-15-7-5-6-8-18(15)21/h5-14H,3-4H2,1-2H3,(H,22,24)/b14-11+. The van der Waals surface area contributed by atoms with E-state index in [0.717, 1.165) is 5.56 Å². The summed E-state index contributed by atoms with van der Waals surface area (Å²) < 4.78 is 0. The van der Waals surface area contributed by atoms with E-state index in [1.54, 1.807) is 41.3 Å². The van der Waals surface area contributed by atoms with Gasteiger partial charge >= 0.3 is 0 Å². The summed E-state index contributed by atoms with van der Waals surface area (Å²) in [6.07, 6.45) is 3.09. The molecule has 0 saturated carbocycles. The molecule has 2 amide bonds. The molecule has 130 valence electrons. The topological polar surface area (TPSA) is 49.4 Å². The summed E-state index contributed by atoms with van der Waals surface area (Å²) in [6.45, 7) is 5.23. The van der Waals surface area contributed by atoms with E-state index in [4.69, 9.17) is 11.6 Å². The third kappa shape index (κ3) is 5.19. The number of carbonyl (C=O) groups is 2. The van der Waals surface area contributed by atoms with Crippen LogP contribution in [0.25, 0.3) is 6.08 Å². The lowest BCUT2D eigenvalue weighted by atomic mass is 10.1. The minimum atomic E-state index is -0.261. The molecule has 2 rings (SSSR count). The van der Waals surface area contributed by atoms with E-state index < -0.39 is 0 Å². The largest absolute Gasteiger partial charge is 0.339 e. The van der Waals surface area contributed by atoms with Gasteiger partial charge in [-0.15, -0.1) is 0 Å². The zero-order valence-corrected chi connectivity index (χ0v) is 15.1. The third-order valence-electron chi connectivity index (χ3n) is 3.77. The van der Waals surface area contributed by atoms with Gasteiger partial charge in [-0.25, -0.2) is 0 Å². The molecule has 0 heterocycles. The second-order valence-corrected chi connectivity index (χ2v) is 5.81. The molecule has 1 N–H and O–H groups in total. The van der Waals surface area contributed by atoms with Crippen LogP contribution in [0.2, 0.25) is 5.02 Å². The normalized spacial score (nSPS) is 10.7. The summed E-state index contributed by atoms with van der Waals surface area (Å²) in [7, 11) is 0. The van der Waals surface area contributed by atoms with E-state index in [-0.39, 0.29) is 11.8 Å². The van der Waals surface area contributed by atoms with Crippen LogP contribution in [-0.4, -0.2) is 29.8 Å². The van der Waals surface area contributed by atoms with Gasteiger partial charge in [-0.05, 0) is 55.8 Å². The number of rotatable bonds is 6. The lowest BCUT2D eigenvalue weighted by Crippen LogP contribution is -2.30. The summed E-state index contributed by atoms with van der Waals surface area (Å²) >= 11 is 6.05. The van der Waals surface area contributed by atoms with E-state index in [0.29, 0.717) is 29.4 Å². The Morgan fingerprint density at radius 3 is 2.28 bits per heavy atom. The molecule has 0 spiro atoms. The Labute approximate surface area is 153 Å². The Hall–Kier alpha value is -2.59. The average molecular weight is 357 g/mol. The number of anilines is 1. The highest BCUT2D eigenvalue weighted by Gasteiger charge is 2.12. The van der Waals surface area contributed by atoms with Crippen LogP contribution < -0.4 is 5.32 Å². The van der Waals surface area contributed by atoms with Gasteiger partial charge in [0.1, 0.15) is 0 Å². The first-order chi connectivity index (χ1) is 12.0. The number of benzene rings is 2. The Bertz CT molecular complexity index is 766. The van der Waals surface area contributed by atoms with Crippen molar-refractivity contribution < 1.29 is 9.59 Å². The number of nitrogens with zero attached hydrogens (tertiary/aromatic N) is 1. The molecular formula is C20H21ClN2O2. The van der Waals surface area contributed by atoms with Crippen LogP contribution in [0.3, 0.4) is 0 Å². The number of nitrogens with one attached hydrogen (secondary N) is 1. The molecule has 0 aromatic heterocycles. The first kappa shape index (κ1) is 18.7. The van der Waals surface area contributed by atoms with Gasteiger partial charge in [0.25, 0.3) is 5.91 Å². The Kier molecular flexibility index (Phi) is 6.78. The van der Waals surface area contributed by atoms with E-state index in [1.165, 1.54) is 6.08 Å². The minimum Gasteiger partial charge on any atom is -0.339 e. The molecule has 4 nitrogen and oxygen atoms in total. The van der Waals surface area contributed by atoms with Gasteiger partial charge in [-0.1, -0.05) is 29.8 Å². The molecule has 0 radical (unpaired) electrons. The van der Waals surface area contributed by atoms with Crippen molar-refractivity contribution in [2.24, 2.45) is 0 Å². The van der Waals surface area contributed by atoms with Crippen molar-refractivity contribution in [3.63, 3.8) is 0 Å². The SMILES string of the molecule is CCN(CC)C(=O)c1ccc(NC(=O)/C=C/c2ccccc2Cl)cc1. The van der Waals surface area contributed by atoms with Gasteiger partial charge in [0.15, 0.2) is 0 Å². The Balaban J connectivity index is 2.00. The average Bonchev–Trinajstić information content (AvgIpc) is 2.62. The molecule has 0 unspecified atom stereocenters. The molecule has 5 heteroatoms. The summed E-state index contributed by atoms with van der Waals surface area (Å²) in [5, 5.41) is 3.35. The summed E-state index contributed by atoms with van der Waals surface area (Å²) in [5.41, 5.74) is 2.01. The molecule has 2 aromatic carbocycles. The quantitative estimate of drug-likeness (QED) is 0.776. The maximum absolute atomic E-state index is 12.2. The fraction of sp³-hybridized carbons (Fsp3) is 0.200. The van der Waals surface area contributed by atoms with Crippen LogP contribution in [0.15, 0.2) is 54.6 Å². The first-order valence-electron chi connectivity index (χ1n) is 8.18. The maximum atomic E-state index is 12.2. The number of carbonyl (C=O) groups excluding carboxylic acids is 2. The van der Waals surface area contributed by atoms with Gasteiger partial charge in [-0.2, -0.15) is 0 Å². The predicted molar refractivity (Wildman–Crippen MR) is 103 cm³/mol. The van der Waals surface area contributed by atoms with Crippen LogP contribution in [0.4, 0.5) is 5.69 Å². The van der Waals surface area contributed by atoms with Crippen LogP contribution >= 0.6 is 11.6 Å². The molecule has 0 aliphatic rings. The zero-order valence-electron chi connectivity index (χ0n) is 14.3. The smallest absolute Gasteiger partial charge is 0.253 e. The molecule has 0 aliphatic heterocycles. The van der Waals surface area contributed by atoms with Gasteiger partial charge in [0.05, 0.1) is 0 Å². The van der Waals surface area contributed by atoms with Gasteiger partial charge in [0.2, 0.25) is 5.91 Å². The third-order valence-corrected chi connectivity index (χ3v) is 4.11. The molecular weight excluding hydrogens is 336 g/mol. The summed E-state index contributed by atoms with van der Waals surface area (Å²) in [5.74, 6) is -0.274. The van der Waals surface area contributed by atoms with E-state index in [9.17, 15) is 9.59 Å². The summed E-state index contributed by atoms with van der Waals surface area (Å²) in [4.78, 5) is 26.0. The lowest BCUT2D eigenvalue weighted by Gasteiger charge is -2.18. The molecule has 0 fully saturated rings. The van der Waals surface area contributed by atoms with Crippen LogP contribution in [0, 0.1) is 0 Å². The molecule has 2 aromatic rings. The van der Waals surface area contributed by atoms with Crippen LogP contribution in [0.1, 0.15) is 29.8 Å². The zero-order chi connectivity index (χ0) is 18.2. The van der Waals surface area contributed by atoms with Crippen molar-refractivity contribution in [1.82, 2.24) is 4.90 Å². The maximum Gasteiger partial charge on any atom is 0.253 e. The summed E-state index contributed by atoms with van der Waals surface area (Å²) in [6, 6.07) is 14.2. The number of amides is 2. The number of halogens is 1. The monoisotopic (exact) mass is 356 g/mol. The van der Waals surface area contributed by atoms with Crippen molar-refractivity contribution in [2.75, 3.05) is 18.4 Å². The van der Waals surface area contributed by atoms with Gasteiger partial charge in [-0.3, -0.25) is 9.59 Å². The molecule has 25 heavy (non-hydrogen) atoms. The molecule has 0 atom stereocenters. The van der Waals surface area contributed by atoms with E-state index in [2.05, 4.69) is 5.32 Å². The van der Waals surface area contributed by atoms with Crippen molar-refractivity contribution in [3.05, 3.63) is 70.8 Å². The van der Waals surface area contributed by atoms with Gasteiger partial charge < -0.3 is 10.2 Å². The lowest BCUT2D eigenvalue weighted by molar-refractivity contribution is -0.111. The van der Waals surface area contributed by atoms with Crippen molar-refractivity contribution in [2.45, 2.75) is 13.8 Å². The van der Waals surface area contributed by atoms with Crippen LogP contribution in [-0.2, 0) is 4.79 Å². The van der Waals surface area contributed by atoms with Gasteiger partial charge in [0, 0.05) is 35.4 Å². The highest BCUT2D eigenvalue weighted by Crippen LogP contribution is 2.16. The van der Waals surface area contributed by atoms with Crippen molar-refractivity contribution >= 4 is 35.2 Å². The predicted octanol–water partition coefficient (Wildman–Crippen LogP) is 4.47. The van der Waals surface area contributed by atoms with Crippen molar-refractivity contribution in [3.8, 4) is 0 Å². The number of hydrogen-bond acceptors (Lipinski definition) is 2. The van der Waals surface area contributed by atoms with Crippen molar-refractivity contribution in [1.29, 1.82) is 0 Å². The second kappa shape index (κ2) is 9.04. The fourth-order valence-electron chi connectivity index (χ4n) is 2.35. The molecule has 0 bridgehead atoms. The molecule has 0 saturated heterocycles. The number of hydrogen-bond donors (Lipinski definition) is 1. The highest BCUT2D eigenvalue weighted by molar-refractivity contribution is 6.32. The van der Waals surface area contributed by atoms with E-state index in [1.807, 2.05) is 32.0 Å². The Morgan fingerprint density at radius 1 is 1.04 bits per heavy atom. The van der Waals surface area contributed by atoms with E-state index >= 15 is 0 Å². The Morgan fingerprint density at radius 2 is 1.68 bits per heavy atom. The highest BCUT2D eigenvalue weighted by atomic mass is 35.5.